The quantitative estimate of drug-likeness (QED) is 0.743. The van der Waals surface area contributed by atoms with Crippen LogP contribution in [0.4, 0.5) is 13.2 Å². The number of piperazine rings is 1. The summed E-state index contributed by atoms with van der Waals surface area (Å²) < 4.78 is 38.0. The Labute approximate surface area is 182 Å². The van der Waals surface area contributed by atoms with Crippen molar-refractivity contribution >= 4 is 17.7 Å². The monoisotopic (exact) mass is 445 g/mol. The van der Waals surface area contributed by atoms with Gasteiger partial charge in [-0.25, -0.2) is 0 Å². The molecule has 1 saturated heterocycles. The second-order valence-electron chi connectivity index (χ2n) is 8.06. The van der Waals surface area contributed by atoms with Crippen LogP contribution in [0.1, 0.15) is 39.4 Å². The minimum absolute atomic E-state index is 0.0398. The van der Waals surface area contributed by atoms with Crippen molar-refractivity contribution in [3.63, 3.8) is 0 Å². The first-order valence-corrected chi connectivity index (χ1v) is 10.3. The van der Waals surface area contributed by atoms with E-state index >= 15 is 0 Å². The summed E-state index contributed by atoms with van der Waals surface area (Å²) >= 11 is 0. The first-order valence-electron chi connectivity index (χ1n) is 10.3. The molecule has 2 aliphatic rings. The SMILES string of the molecule is O=C1CN(C(=O)c2ccc(CNC(=O)C3CC3c3ccc(C(F)(F)F)cc3)cc2)CCN1. The fourth-order valence-electron chi connectivity index (χ4n) is 3.85. The molecular weight excluding hydrogens is 423 g/mol. The Hall–Kier alpha value is -3.36. The van der Waals surface area contributed by atoms with Gasteiger partial charge >= 0.3 is 6.18 Å². The molecule has 1 aliphatic carbocycles. The fraction of sp³-hybridized carbons (Fsp3) is 0.348. The van der Waals surface area contributed by atoms with E-state index in [2.05, 4.69) is 10.6 Å². The Morgan fingerprint density at radius 1 is 1.06 bits per heavy atom. The lowest BCUT2D eigenvalue weighted by molar-refractivity contribution is -0.137. The molecule has 0 radical (unpaired) electrons. The standard InChI is InChI=1S/C23H22F3N3O3/c24-23(25,26)17-7-5-15(6-8-17)18-11-19(18)21(31)28-12-14-1-3-16(4-2-14)22(32)29-10-9-27-20(30)13-29/h1-8,18-19H,9-13H2,(H,27,30)(H,28,31). The van der Waals surface area contributed by atoms with Crippen molar-refractivity contribution in [3.8, 4) is 0 Å². The van der Waals surface area contributed by atoms with Gasteiger partial charge in [-0.2, -0.15) is 13.2 Å². The summed E-state index contributed by atoms with van der Waals surface area (Å²) in [6, 6.07) is 11.8. The summed E-state index contributed by atoms with van der Waals surface area (Å²) in [6.45, 7) is 1.22. The van der Waals surface area contributed by atoms with Crippen LogP contribution >= 0.6 is 0 Å². The molecule has 168 valence electrons. The second-order valence-corrected chi connectivity index (χ2v) is 8.06. The number of hydrogen-bond acceptors (Lipinski definition) is 3. The molecule has 3 amide bonds. The Morgan fingerprint density at radius 3 is 2.38 bits per heavy atom. The molecule has 2 aromatic carbocycles. The minimum Gasteiger partial charge on any atom is -0.353 e. The van der Waals surface area contributed by atoms with Gasteiger partial charge in [0.2, 0.25) is 11.8 Å². The number of nitrogens with one attached hydrogen (secondary N) is 2. The van der Waals surface area contributed by atoms with Crippen molar-refractivity contribution in [2.45, 2.75) is 25.1 Å². The summed E-state index contributed by atoms with van der Waals surface area (Å²) in [7, 11) is 0. The molecule has 2 fully saturated rings. The van der Waals surface area contributed by atoms with Crippen LogP contribution in [0.15, 0.2) is 48.5 Å². The molecule has 0 aromatic heterocycles. The number of rotatable bonds is 5. The third-order valence-electron chi connectivity index (χ3n) is 5.79. The molecule has 6 nitrogen and oxygen atoms in total. The first kappa shape index (κ1) is 21.9. The number of halogens is 3. The molecule has 2 unspecified atom stereocenters. The highest BCUT2D eigenvalue weighted by atomic mass is 19.4. The van der Waals surface area contributed by atoms with E-state index in [9.17, 15) is 27.6 Å². The van der Waals surface area contributed by atoms with Crippen molar-refractivity contribution in [1.29, 1.82) is 0 Å². The molecule has 4 rings (SSSR count). The zero-order valence-electron chi connectivity index (χ0n) is 17.1. The zero-order chi connectivity index (χ0) is 22.9. The summed E-state index contributed by atoms with van der Waals surface area (Å²) in [6.07, 6.45) is -3.77. The summed E-state index contributed by atoms with van der Waals surface area (Å²) in [4.78, 5) is 37.8. The van der Waals surface area contributed by atoms with Gasteiger partial charge in [0.05, 0.1) is 12.1 Å². The van der Waals surface area contributed by atoms with Crippen LogP contribution in [-0.2, 0) is 22.3 Å². The molecule has 2 N–H and O–H groups in total. The number of hydrogen-bond donors (Lipinski definition) is 2. The maximum atomic E-state index is 12.7. The molecule has 1 saturated carbocycles. The van der Waals surface area contributed by atoms with E-state index in [0.29, 0.717) is 25.1 Å². The van der Waals surface area contributed by atoms with Crippen molar-refractivity contribution in [2.75, 3.05) is 19.6 Å². The maximum Gasteiger partial charge on any atom is 0.416 e. The van der Waals surface area contributed by atoms with Gasteiger partial charge in [0.15, 0.2) is 0 Å². The summed E-state index contributed by atoms with van der Waals surface area (Å²) in [5.74, 6) is -0.863. The maximum absolute atomic E-state index is 12.7. The Kier molecular flexibility index (Phi) is 5.90. The molecule has 0 bridgehead atoms. The number of benzene rings is 2. The van der Waals surface area contributed by atoms with Crippen LogP contribution in [-0.4, -0.2) is 42.3 Å². The first-order chi connectivity index (χ1) is 15.2. The van der Waals surface area contributed by atoms with E-state index in [1.54, 1.807) is 24.3 Å². The van der Waals surface area contributed by atoms with Gasteiger partial charge in [0.25, 0.3) is 5.91 Å². The average molecular weight is 445 g/mol. The Balaban J connectivity index is 1.27. The van der Waals surface area contributed by atoms with E-state index < -0.39 is 11.7 Å². The summed E-state index contributed by atoms with van der Waals surface area (Å²) in [5, 5.41) is 5.52. The van der Waals surface area contributed by atoms with Crippen molar-refractivity contribution in [2.24, 2.45) is 5.92 Å². The van der Waals surface area contributed by atoms with Gasteiger partial charge in [0, 0.05) is 31.1 Å². The minimum atomic E-state index is -4.37. The lowest BCUT2D eigenvalue weighted by Crippen LogP contribution is -2.49. The summed E-state index contributed by atoms with van der Waals surface area (Å²) in [5.41, 5.74) is 1.32. The third kappa shape index (κ3) is 4.92. The van der Waals surface area contributed by atoms with Crippen LogP contribution < -0.4 is 10.6 Å². The number of carbonyl (C=O) groups excluding carboxylic acids is 3. The number of amides is 3. The van der Waals surface area contributed by atoms with Gasteiger partial charge in [-0.05, 0) is 47.7 Å². The second kappa shape index (κ2) is 8.64. The fourth-order valence-corrected chi connectivity index (χ4v) is 3.85. The largest absolute Gasteiger partial charge is 0.416 e. The van der Waals surface area contributed by atoms with Gasteiger partial charge in [-0.3, -0.25) is 14.4 Å². The highest BCUT2D eigenvalue weighted by molar-refractivity contribution is 5.97. The Bertz CT molecular complexity index is 1020. The Morgan fingerprint density at radius 2 is 1.75 bits per heavy atom. The van der Waals surface area contributed by atoms with Crippen LogP contribution in [0.25, 0.3) is 0 Å². The lowest BCUT2D eigenvalue weighted by atomic mass is 10.1. The molecule has 9 heteroatoms. The number of nitrogens with zero attached hydrogens (tertiary/aromatic N) is 1. The van der Waals surface area contributed by atoms with Crippen molar-refractivity contribution in [1.82, 2.24) is 15.5 Å². The van der Waals surface area contributed by atoms with Gasteiger partial charge in [-0.15, -0.1) is 0 Å². The van der Waals surface area contributed by atoms with E-state index in [1.165, 1.54) is 17.0 Å². The van der Waals surface area contributed by atoms with E-state index in [4.69, 9.17) is 0 Å². The molecule has 2 atom stereocenters. The topological polar surface area (TPSA) is 78.5 Å². The van der Waals surface area contributed by atoms with E-state index in [0.717, 1.165) is 23.3 Å². The van der Waals surface area contributed by atoms with Crippen molar-refractivity contribution < 1.29 is 27.6 Å². The average Bonchev–Trinajstić information content (AvgIpc) is 3.58. The molecular formula is C23H22F3N3O3. The molecule has 2 aromatic rings. The predicted molar refractivity (Wildman–Crippen MR) is 109 cm³/mol. The lowest BCUT2D eigenvalue weighted by Gasteiger charge is -2.26. The smallest absolute Gasteiger partial charge is 0.353 e. The number of alkyl halides is 3. The van der Waals surface area contributed by atoms with Crippen molar-refractivity contribution in [3.05, 3.63) is 70.8 Å². The highest BCUT2D eigenvalue weighted by Crippen LogP contribution is 2.48. The molecule has 0 spiro atoms. The van der Waals surface area contributed by atoms with E-state index in [1.807, 2.05) is 0 Å². The van der Waals surface area contributed by atoms with Gasteiger partial charge in [0.1, 0.15) is 0 Å². The number of carbonyl (C=O) groups is 3. The molecule has 1 aliphatic heterocycles. The normalized spacial score (nSPS) is 20.5. The van der Waals surface area contributed by atoms with Gasteiger partial charge < -0.3 is 15.5 Å². The van der Waals surface area contributed by atoms with Crippen LogP contribution in [0.3, 0.4) is 0 Å². The highest BCUT2D eigenvalue weighted by Gasteiger charge is 2.44. The van der Waals surface area contributed by atoms with Gasteiger partial charge in [-0.1, -0.05) is 24.3 Å². The van der Waals surface area contributed by atoms with Crippen LogP contribution in [0, 0.1) is 5.92 Å². The molecule has 1 heterocycles. The third-order valence-corrected chi connectivity index (χ3v) is 5.79. The van der Waals surface area contributed by atoms with Crippen LogP contribution in [0.2, 0.25) is 0 Å². The van der Waals surface area contributed by atoms with Crippen LogP contribution in [0.5, 0.6) is 0 Å². The predicted octanol–water partition coefficient (Wildman–Crippen LogP) is 2.70. The zero-order valence-corrected chi connectivity index (χ0v) is 17.1. The van der Waals surface area contributed by atoms with E-state index in [-0.39, 0.29) is 42.6 Å². The molecule has 32 heavy (non-hydrogen) atoms.